The molecule has 5 aromatic heterocycles. The first-order chi connectivity index (χ1) is 26.4. The number of benzene rings is 3. The van der Waals surface area contributed by atoms with Crippen molar-refractivity contribution < 1.29 is 18.6 Å². The zero-order valence-electron chi connectivity index (χ0n) is 30.7. The quantitative estimate of drug-likeness (QED) is 0.186. The lowest BCUT2D eigenvalue weighted by atomic mass is 10.0. The van der Waals surface area contributed by atoms with Crippen molar-refractivity contribution in [2.24, 2.45) is 14.1 Å². The van der Waals surface area contributed by atoms with Gasteiger partial charge in [0, 0.05) is 36.3 Å². The van der Waals surface area contributed by atoms with Crippen LogP contribution in [0.1, 0.15) is 11.4 Å². The molecule has 0 atom stereocenters. The van der Waals surface area contributed by atoms with Crippen LogP contribution in [0.25, 0.3) is 89.8 Å². The molecule has 1 aliphatic heterocycles. The fraction of sp³-hybridized carbons (Fsp3) is 0.109. The highest BCUT2D eigenvalue weighted by Gasteiger charge is 2.17. The number of furan rings is 1. The van der Waals surface area contributed by atoms with Crippen molar-refractivity contribution >= 4 is 56.4 Å². The minimum Gasteiger partial charge on any atom is -0.497 e. The fourth-order valence-electron chi connectivity index (χ4n) is 7.54. The highest BCUT2D eigenvalue weighted by atomic mass is 16.5. The van der Waals surface area contributed by atoms with Gasteiger partial charge in [-0.25, -0.2) is 4.98 Å². The van der Waals surface area contributed by atoms with Crippen LogP contribution in [0.4, 0.5) is 0 Å². The van der Waals surface area contributed by atoms with Gasteiger partial charge in [0.25, 0.3) is 0 Å². The van der Waals surface area contributed by atoms with Crippen molar-refractivity contribution in [3.8, 4) is 50.6 Å². The number of hydrogen-bond donors (Lipinski definition) is 1. The predicted octanol–water partition coefficient (Wildman–Crippen LogP) is 11.1. The average Bonchev–Trinajstić information content (AvgIpc) is 4.07. The maximum absolute atomic E-state index is 6.96. The first-order valence-corrected chi connectivity index (χ1v) is 17.7. The maximum Gasteiger partial charge on any atom is 0.137 e. The van der Waals surface area contributed by atoms with Gasteiger partial charge in [0.05, 0.1) is 60.3 Å². The number of aryl methyl sites for hydroxylation is 2. The van der Waals surface area contributed by atoms with E-state index in [2.05, 4.69) is 125 Å². The van der Waals surface area contributed by atoms with Gasteiger partial charge in [-0.15, -0.1) is 0 Å². The molecule has 8 heteroatoms. The number of fused-ring (bicyclic) bond motifs is 12. The molecule has 9 rings (SSSR count). The Bertz CT molecular complexity index is 2890. The highest BCUT2D eigenvalue weighted by molar-refractivity contribution is 5.99. The van der Waals surface area contributed by atoms with Crippen molar-refractivity contribution in [2.75, 3.05) is 21.3 Å². The van der Waals surface area contributed by atoms with Gasteiger partial charge in [0.2, 0.25) is 0 Å². The molecule has 1 aliphatic rings. The molecule has 0 unspecified atom stereocenters. The van der Waals surface area contributed by atoms with Crippen LogP contribution in [0, 0.1) is 0 Å². The molecule has 0 fully saturated rings. The van der Waals surface area contributed by atoms with Crippen molar-refractivity contribution in [3.63, 3.8) is 0 Å². The van der Waals surface area contributed by atoms with Crippen LogP contribution in [0.3, 0.4) is 0 Å². The van der Waals surface area contributed by atoms with Crippen LogP contribution in [-0.4, -0.2) is 40.4 Å². The third kappa shape index (κ3) is 5.51. The molecule has 10 bridgehead atoms. The summed E-state index contributed by atoms with van der Waals surface area (Å²) in [6.07, 6.45) is 4.19. The minimum atomic E-state index is 0.741. The molecule has 0 aliphatic carbocycles. The molecule has 1 N–H and O–H groups in total. The number of ether oxygens (including phenoxy) is 3. The number of rotatable bonds is 6. The fourth-order valence-corrected chi connectivity index (χ4v) is 7.54. The largest absolute Gasteiger partial charge is 0.497 e. The Morgan fingerprint density at radius 2 is 0.870 bits per heavy atom. The number of hydrogen-bond acceptors (Lipinski definition) is 5. The van der Waals surface area contributed by atoms with Gasteiger partial charge < -0.3 is 32.7 Å². The number of aromatic amines is 1. The summed E-state index contributed by atoms with van der Waals surface area (Å²) in [6.45, 7) is 0. The summed E-state index contributed by atoms with van der Waals surface area (Å²) >= 11 is 0. The van der Waals surface area contributed by atoms with Crippen molar-refractivity contribution in [1.29, 1.82) is 0 Å². The van der Waals surface area contributed by atoms with E-state index in [4.69, 9.17) is 23.6 Å². The summed E-state index contributed by atoms with van der Waals surface area (Å²) in [4.78, 5) is 9.01. The van der Waals surface area contributed by atoms with E-state index < -0.39 is 0 Å². The Morgan fingerprint density at radius 1 is 0.444 bits per heavy atom. The Morgan fingerprint density at radius 3 is 1.39 bits per heavy atom. The lowest BCUT2D eigenvalue weighted by Crippen LogP contribution is -1.92. The molecule has 8 nitrogen and oxygen atoms in total. The number of nitrogens with one attached hydrogen (secondary N) is 1. The summed E-state index contributed by atoms with van der Waals surface area (Å²) in [5.74, 6) is 2.37. The Labute approximate surface area is 312 Å². The predicted molar refractivity (Wildman–Crippen MR) is 219 cm³/mol. The molecular weight excluding hydrogens is 673 g/mol. The van der Waals surface area contributed by atoms with Crippen LogP contribution >= 0.6 is 0 Å². The highest BCUT2D eigenvalue weighted by Crippen LogP contribution is 2.38. The standard InChI is InChI=1S/C46H38N4O4/c1-49-38-22-24-40(49)45(29-8-14-32(52-4)15-9-29)42-26-27-43(54-42)46(30-10-16-33(53-5)17-11-30)41-25-23-39(50(41)2)35-19-21-37(48-35)44(36-20-18-34(38)47-36)28-6-12-31(51-3)13-7-28/h6-27,47H,1-5H3. The number of nitrogens with zero attached hydrogens (tertiary/aromatic N) is 3. The lowest BCUT2D eigenvalue weighted by molar-refractivity contribution is 0.415. The molecule has 8 aromatic rings. The second-order valence-corrected chi connectivity index (χ2v) is 13.3. The molecule has 54 heavy (non-hydrogen) atoms. The van der Waals surface area contributed by atoms with E-state index in [-0.39, 0.29) is 0 Å². The number of methoxy groups -OCH3 is 3. The van der Waals surface area contributed by atoms with Crippen LogP contribution in [0.15, 0.2) is 126 Å². The number of H-pyrrole nitrogens is 1. The van der Waals surface area contributed by atoms with Crippen LogP contribution in [0.5, 0.6) is 17.2 Å². The molecule has 3 aromatic carbocycles. The second kappa shape index (κ2) is 13.2. The van der Waals surface area contributed by atoms with Crippen LogP contribution < -0.4 is 14.2 Å². The van der Waals surface area contributed by atoms with Crippen molar-refractivity contribution in [2.45, 2.75) is 0 Å². The third-order valence-electron chi connectivity index (χ3n) is 10.4. The summed E-state index contributed by atoms with van der Waals surface area (Å²) in [5.41, 5.74) is 15.1. The van der Waals surface area contributed by atoms with Gasteiger partial charge >= 0.3 is 0 Å². The smallest absolute Gasteiger partial charge is 0.137 e. The van der Waals surface area contributed by atoms with Gasteiger partial charge in [-0.05, 0) is 114 Å². The molecule has 6 heterocycles. The molecule has 0 saturated heterocycles. The van der Waals surface area contributed by atoms with Gasteiger partial charge in [-0.3, -0.25) is 0 Å². The molecule has 0 amide bonds. The van der Waals surface area contributed by atoms with Crippen molar-refractivity contribution in [1.82, 2.24) is 19.1 Å². The number of aromatic nitrogens is 4. The first kappa shape index (κ1) is 32.9. The van der Waals surface area contributed by atoms with E-state index in [0.29, 0.717) is 0 Å². The van der Waals surface area contributed by atoms with Crippen LogP contribution in [0.2, 0.25) is 0 Å². The molecule has 266 valence electrons. The third-order valence-corrected chi connectivity index (χ3v) is 10.4. The van der Waals surface area contributed by atoms with E-state index >= 15 is 0 Å². The Balaban J connectivity index is 1.45. The van der Waals surface area contributed by atoms with E-state index in [0.717, 1.165) is 106 Å². The van der Waals surface area contributed by atoms with Gasteiger partial charge in [0.1, 0.15) is 28.4 Å². The summed E-state index contributed by atoms with van der Waals surface area (Å²) in [7, 11) is 9.22. The van der Waals surface area contributed by atoms with E-state index in [1.807, 2.05) is 36.4 Å². The van der Waals surface area contributed by atoms with E-state index in [1.54, 1.807) is 21.3 Å². The monoisotopic (exact) mass is 710 g/mol. The summed E-state index contributed by atoms with van der Waals surface area (Å²) < 4.78 is 27.9. The second-order valence-electron chi connectivity index (χ2n) is 13.3. The zero-order valence-corrected chi connectivity index (χ0v) is 30.7. The lowest BCUT2D eigenvalue weighted by Gasteiger charge is -2.08. The molecule has 0 spiro atoms. The topological polar surface area (TPSA) is 79.4 Å². The first-order valence-electron chi connectivity index (χ1n) is 17.7. The van der Waals surface area contributed by atoms with Gasteiger partial charge in [0.15, 0.2) is 0 Å². The minimum absolute atomic E-state index is 0.741. The summed E-state index contributed by atoms with van der Waals surface area (Å²) in [6, 6.07) is 41.4. The maximum atomic E-state index is 6.96. The zero-order chi connectivity index (χ0) is 36.9. The average molecular weight is 711 g/mol. The normalized spacial score (nSPS) is 11.7. The van der Waals surface area contributed by atoms with Gasteiger partial charge in [-0.1, -0.05) is 36.4 Å². The van der Waals surface area contributed by atoms with E-state index in [1.165, 1.54) is 0 Å². The van der Waals surface area contributed by atoms with E-state index in [9.17, 15) is 0 Å². The Hall–Kier alpha value is -6.93. The molecular formula is C46H38N4O4. The van der Waals surface area contributed by atoms with Crippen molar-refractivity contribution in [3.05, 3.63) is 133 Å². The van der Waals surface area contributed by atoms with Gasteiger partial charge in [-0.2, -0.15) is 0 Å². The molecule has 0 radical (unpaired) electrons. The molecule has 0 saturated carbocycles. The SMILES string of the molecule is COc1ccc(-c2c3nc(c4ccc(c(-c5ccc(OC)cc5)c5ccc(o5)c(-c5ccc(OC)cc5)c5ccc(c6ccc2[nH]6)n5C)n4C)C=C3)cc1. The Kier molecular flexibility index (Phi) is 8.08. The van der Waals surface area contributed by atoms with Crippen LogP contribution in [-0.2, 0) is 14.1 Å². The summed E-state index contributed by atoms with van der Waals surface area (Å²) in [5, 5.41) is 0.